The summed E-state index contributed by atoms with van der Waals surface area (Å²) in [6.07, 6.45) is -2.88. The van der Waals surface area contributed by atoms with Gasteiger partial charge < -0.3 is 36.6 Å². The highest BCUT2D eigenvalue weighted by Gasteiger charge is 2.43. The second kappa shape index (κ2) is 10.1. The number of ether oxygens (including phenoxy) is 1. The van der Waals surface area contributed by atoms with Gasteiger partial charge in [0, 0.05) is 6.20 Å². The zero-order valence-corrected chi connectivity index (χ0v) is 15.4. The fraction of sp³-hybridized carbons (Fsp3) is 0.389. The van der Waals surface area contributed by atoms with E-state index in [9.17, 15) is 19.8 Å². The minimum atomic E-state index is -1.31. The minimum Gasteiger partial charge on any atom is -0.480 e. The number of hydrogen-bond donors (Lipinski definition) is 6. The Kier molecular flexibility index (Phi) is 7.82. The number of anilines is 1. The summed E-state index contributed by atoms with van der Waals surface area (Å²) in [5.74, 6) is -0.906. The third-order valence-electron chi connectivity index (χ3n) is 4.26. The number of carboxylic acid groups (broad SMARTS) is 1. The van der Waals surface area contributed by atoms with E-state index >= 15 is 0 Å². The lowest BCUT2D eigenvalue weighted by atomic mass is 10.1. The Morgan fingerprint density at radius 3 is 2.38 bits per heavy atom. The number of carbonyl (C=O) groups is 1. The lowest BCUT2D eigenvalue weighted by molar-refractivity contribution is -0.138. The first kappa shape index (κ1) is 22.5. The van der Waals surface area contributed by atoms with Crippen LogP contribution in [0.1, 0.15) is 11.8 Å². The first-order valence-electron chi connectivity index (χ1n) is 8.74. The van der Waals surface area contributed by atoms with E-state index < -0.39 is 48.8 Å². The molecule has 1 aliphatic rings. The van der Waals surface area contributed by atoms with Crippen LogP contribution in [0, 0.1) is 0 Å². The Bertz CT molecular complexity index is 861. The molecule has 8 N–H and O–H groups in total. The van der Waals surface area contributed by atoms with Crippen LogP contribution in [0.25, 0.3) is 0 Å². The van der Waals surface area contributed by atoms with Gasteiger partial charge in [-0.15, -0.1) is 0 Å². The van der Waals surface area contributed by atoms with Gasteiger partial charge >= 0.3 is 11.7 Å². The Morgan fingerprint density at radius 2 is 1.86 bits per heavy atom. The average molecular weight is 408 g/mol. The van der Waals surface area contributed by atoms with Crippen LogP contribution in [0.2, 0.25) is 0 Å². The third kappa shape index (κ3) is 5.82. The number of carboxylic acids is 1. The maximum Gasteiger partial charge on any atom is 0.351 e. The van der Waals surface area contributed by atoms with Gasteiger partial charge in [-0.05, 0) is 18.1 Å². The largest absolute Gasteiger partial charge is 0.480 e. The van der Waals surface area contributed by atoms with Crippen LogP contribution in [0.15, 0.2) is 47.4 Å². The lowest BCUT2D eigenvalue weighted by Crippen LogP contribution is -2.36. The van der Waals surface area contributed by atoms with E-state index in [4.69, 9.17) is 26.4 Å². The molecule has 0 saturated carbocycles. The molecule has 11 nitrogen and oxygen atoms in total. The first-order chi connectivity index (χ1) is 13.7. The summed E-state index contributed by atoms with van der Waals surface area (Å²) in [6.45, 7) is -0.453. The lowest BCUT2D eigenvalue weighted by Gasteiger charge is -2.16. The number of nitrogens with two attached hydrogens (primary N) is 2. The van der Waals surface area contributed by atoms with Crippen LogP contribution < -0.4 is 17.2 Å². The Labute approximate surface area is 165 Å². The van der Waals surface area contributed by atoms with Gasteiger partial charge in [0.2, 0.25) is 0 Å². The molecule has 1 aliphatic heterocycles. The number of nitrogens with zero attached hydrogens (tertiary/aromatic N) is 2. The van der Waals surface area contributed by atoms with Crippen molar-refractivity contribution in [3.8, 4) is 0 Å². The van der Waals surface area contributed by atoms with Crippen molar-refractivity contribution in [2.24, 2.45) is 5.73 Å². The molecule has 1 aromatic carbocycles. The maximum absolute atomic E-state index is 11.5. The number of aliphatic hydroxyl groups excluding tert-OH is 3. The van der Waals surface area contributed by atoms with Crippen LogP contribution >= 0.6 is 0 Å². The summed E-state index contributed by atoms with van der Waals surface area (Å²) >= 11 is 0. The van der Waals surface area contributed by atoms with E-state index in [0.717, 1.165) is 10.1 Å². The fourth-order valence-electron chi connectivity index (χ4n) is 2.68. The van der Waals surface area contributed by atoms with Crippen molar-refractivity contribution in [2.75, 3.05) is 12.3 Å². The van der Waals surface area contributed by atoms with E-state index in [1.807, 2.05) is 30.3 Å². The third-order valence-corrected chi connectivity index (χ3v) is 4.26. The standard InChI is InChI=1S/C9H13N3O5.C9H11NO2/c10-5-1-2-12(9(16)11-5)8-7(15)6(14)4(3-13)17-8;10-8(9(11)12)6-7-4-2-1-3-5-7/h1-2,4,6-8,13-15H,3H2,(H2,10,11,16);1-5,8H,6,10H2,(H,11,12)/t4-,6-,7-,8-;8-/m10/s1. The number of aliphatic hydroxyl groups is 3. The Hall–Kier alpha value is -2.83. The van der Waals surface area contributed by atoms with Crippen LogP contribution in [0.4, 0.5) is 5.82 Å². The van der Waals surface area contributed by atoms with E-state index in [1.54, 1.807) is 0 Å². The Balaban J connectivity index is 0.000000221. The number of benzene rings is 1. The van der Waals surface area contributed by atoms with Gasteiger partial charge in [0.1, 0.15) is 30.2 Å². The number of aliphatic carboxylic acids is 1. The molecule has 0 amide bonds. The predicted molar refractivity (Wildman–Crippen MR) is 102 cm³/mol. The van der Waals surface area contributed by atoms with Crippen molar-refractivity contribution in [1.29, 1.82) is 0 Å². The molecule has 11 heteroatoms. The van der Waals surface area contributed by atoms with Gasteiger partial charge in [0.15, 0.2) is 6.23 Å². The molecule has 1 aromatic heterocycles. The molecule has 3 rings (SSSR count). The van der Waals surface area contributed by atoms with E-state index in [-0.39, 0.29) is 5.82 Å². The molecular weight excluding hydrogens is 384 g/mol. The van der Waals surface area contributed by atoms with Gasteiger partial charge in [-0.25, -0.2) is 4.79 Å². The minimum absolute atomic E-state index is 0.0537. The monoisotopic (exact) mass is 408 g/mol. The quantitative estimate of drug-likeness (QED) is 0.324. The summed E-state index contributed by atoms with van der Waals surface area (Å²) < 4.78 is 6.19. The van der Waals surface area contributed by atoms with Crippen LogP contribution in [-0.4, -0.2) is 66.9 Å². The summed E-state index contributed by atoms with van der Waals surface area (Å²) in [7, 11) is 0. The van der Waals surface area contributed by atoms with Crippen LogP contribution in [0.5, 0.6) is 0 Å². The predicted octanol–water partition coefficient (Wildman–Crippen LogP) is -1.92. The zero-order chi connectivity index (χ0) is 21.6. The van der Waals surface area contributed by atoms with Crippen molar-refractivity contribution in [3.05, 3.63) is 58.6 Å². The summed E-state index contributed by atoms with van der Waals surface area (Å²) in [6, 6.07) is 9.91. The molecule has 2 aromatic rings. The van der Waals surface area contributed by atoms with Crippen molar-refractivity contribution in [2.45, 2.75) is 37.0 Å². The Morgan fingerprint density at radius 1 is 1.21 bits per heavy atom. The molecular formula is C18H24N4O7. The normalized spacial score (nSPS) is 24.4. The van der Waals surface area contributed by atoms with E-state index in [1.165, 1.54) is 12.3 Å². The van der Waals surface area contributed by atoms with Crippen molar-refractivity contribution >= 4 is 11.8 Å². The van der Waals surface area contributed by atoms with Gasteiger partial charge in [0.05, 0.1) is 6.61 Å². The zero-order valence-electron chi connectivity index (χ0n) is 15.4. The summed E-state index contributed by atoms with van der Waals surface area (Å²) in [5, 5.41) is 36.7. The highest BCUT2D eigenvalue weighted by molar-refractivity contribution is 5.73. The van der Waals surface area contributed by atoms with E-state index in [0.29, 0.717) is 6.42 Å². The SMILES string of the molecule is N[C@@H](Cc1ccccc1)C(=O)O.Nc1ccn([C@@H]2O[C@H](CO)[C@@H](O)[C@H]2O)c(=O)n1. The highest BCUT2D eigenvalue weighted by Crippen LogP contribution is 2.27. The van der Waals surface area contributed by atoms with E-state index in [2.05, 4.69) is 4.98 Å². The number of aromatic nitrogens is 2. The van der Waals surface area contributed by atoms with Gasteiger partial charge in [-0.1, -0.05) is 30.3 Å². The topological polar surface area (TPSA) is 194 Å². The molecule has 1 fully saturated rings. The summed E-state index contributed by atoms with van der Waals surface area (Å²) in [5.41, 5.74) is 10.9. The molecule has 0 radical (unpaired) electrons. The van der Waals surface area contributed by atoms with Gasteiger partial charge in [0.25, 0.3) is 0 Å². The maximum atomic E-state index is 11.5. The molecule has 0 unspecified atom stereocenters. The molecule has 0 aliphatic carbocycles. The van der Waals surface area contributed by atoms with Crippen LogP contribution in [0.3, 0.4) is 0 Å². The van der Waals surface area contributed by atoms with Crippen molar-refractivity contribution in [1.82, 2.24) is 9.55 Å². The molecule has 158 valence electrons. The second-order valence-corrected chi connectivity index (χ2v) is 6.41. The molecule has 1 saturated heterocycles. The molecule has 2 heterocycles. The smallest absolute Gasteiger partial charge is 0.351 e. The molecule has 0 spiro atoms. The average Bonchev–Trinajstić information content (AvgIpc) is 2.97. The molecule has 5 atom stereocenters. The second-order valence-electron chi connectivity index (χ2n) is 6.41. The van der Waals surface area contributed by atoms with Crippen molar-refractivity contribution < 1.29 is 30.0 Å². The van der Waals surface area contributed by atoms with Crippen molar-refractivity contribution in [3.63, 3.8) is 0 Å². The molecule has 29 heavy (non-hydrogen) atoms. The highest BCUT2D eigenvalue weighted by atomic mass is 16.6. The molecule has 0 bridgehead atoms. The summed E-state index contributed by atoms with van der Waals surface area (Å²) in [4.78, 5) is 25.4. The fourth-order valence-corrected chi connectivity index (χ4v) is 2.68. The number of hydrogen-bond acceptors (Lipinski definition) is 9. The number of rotatable bonds is 5. The van der Waals surface area contributed by atoms with Crippen LogP contribution in [-0.2, 0) is 16.0 Å². The first-order valence-corrected chi connectivity index (χ1v) is 8.74. The van der Waals surface area contributed by atoms with Gasteiger partial charge in [-0.3, -0.25) is 9.36 Å². The van der Waals surface area contributed by atoms with Gasteiger partial charge in [-0.2, -0.15) is 4.98 Å². The number of nitrogen functional groups attached to an aromatic ring is 1.